The molecular weight excluding hydrogens is 338 g/mol. The van der Waals surface area contributed by atoms with Crippen molar-refractivity contribution in [2.45, 2.75) is 76.0 Å². The maximum Gasteiger partial charge on any atom is 0.236 e. The van der Waals surface area contributed by atoms with Gasteiger partial charge in [0.05, 0.1) is 4.75 Å². The Bertz CT molecular complexity index is 554. The van der Waals surface area contributed by atoms with Crippen molar-refractivity contribution in [3.05, 3.63) is 29.3 Å². The van der Waals surface area contributed by atoms with Gasteiger partial charge in [-0.2, -0.15) is 0 Å². The van der Waals surface area contributed by atoms with E-state index in [0.717, 1.165) is 28.7 Å². The number of benzene rings is 1. The highest BCUT2D eigenvalue weighted by atomic mass is 35.5. The van der Waals surface area contributed by atoms with Crippen LogP contribution in [0.1, 0.15) is 60.3 Å². The van der Waals surface area contributed by atoms with Crippen LogP contribution < -0.4 is 5.32 Å². The monoisotopic (exact) mass is 367 g/mol. The molecule has 4 heteroatoms. The fourth-order valence-electron chi connectivity index (χ4n) is 3.31. The maximum absolute atomic E-state index is 12.7. The maximum atomic E-state index is 12.7. The summed E-state index contributed by atoms with van der Waals surface area (Å²) in [6, 6.07) is 7.99. The highest BCUT2D eigenvalue weighted by Gasteiger charge is 2.34. The smallest absolute Gasteiger partial charge is 0.236 e. The molecule has 0 atom stereocenters. The quantitative estimate of drug-likeness (QED) is 0.668. The summed E-state index contributed by atoms with van der Waals surface area (Å²) < 4.78 is -0.491. The van der Waals surface area contributed by atoms with Crippen LogP contribution >= 0.6 is 23.4 Å². The van der Waals surface area contributed by atoms with Crippen LogP contribution in [-0.4, -0.2) is 16.7 Å². The van der Waals surface area contributed by atoms with Crippen LogP contribution in [0.3, 0.4) is 0 Å². The number of thioether (sulfide) groups is 1. The minimum absolute atomic E-state index is 0.127. The zero-order valence-corrected chi connectivity index (χ0v) is 17.1. The molecule has 1 N–H and O–H groups in total. The van der Waals surface area contributed by atoms with Gasteiger partial charge in [0.2, 0.25) is 5.91 Å². The van der Waals surface area contributed by atoms with Crippen LogP contribution in [0, 0.1) is 11.3 Å². The molecule has 0 aliphatic heterocycles. The zero-order valence-electron chi connectivity index (χ0n) is 15.5. The molecular formula is C20H30ClNOS. The third-order valence-electron chi connectivity index (χ3n) is 5.02. The lowest BCUT2D eigenvalue weighted by Gasteiger charge is -2.38. The molecule has 0 radical (unpaired) electrons. The van der Waals surface area contributed by atoms with E-state index in [9.17, 15) is 4.79 Å². The molecule has 1 aromatic rings. The first kappa shape index (κ1) is 19.7. The minimum atomic E-state index is -0.491. The third-order valence-corrected chi connectivity index (χ3v) is 6.48. The Morgan fingerprint density at radius 2 is 1.58 bits per heavy atom. The van der Waals surface area contributed by atoms with Gasteiger partial charge in [0, 0.05) is 16.0 Å². The van der Waals surface area contributed by atoms with Gasteiger partial charge in [-0.15, -0.1) is 11.8 Å². The molecule has 0 heterocycles. The van der Waals surface area contributed by atoms with Crippen LogP contribution in [0.5, 0.6) is 0 Å². The number of rotatable bonds is 4. The van der Waals surface area contributed by atoms with Crippen molar-refractivity contribution in [3.8, 4) is 0 Å². The fraction of sp³-hybridized carbons (Fsp3) is 0.650. The lowest BCUT2D eigenvalue weighted by atomic mass is 9.71. The van der Waals surface area contributed by atoms with E-state index in [4.69, 9.17) is 11.6 Å². The van der Waals surface area contributed by atoms with Gasteiger partial charge in [-0.1, -0.05) is 32.4 Å². The van der Waals surface area contributed by atoms with Gasteiger partial charge in [0.15, 0.2) is 0 Å². The molecule has 2 rings (SSSR count). The molecule has 0 spiro atoms. The van der Waals surface area contributed by atoms with Crippen molar-refractivity contribution in [1.82, 2.24) is 5.32 Å². The van der Waals surface area contributed by atoms with Gasteiger partial charge in [-0.05, 0) is 75.1 Å². The summed E-state index contributed by atoms with van der Waals surface area (Å²) >= 11 is 7.51. The van der Waals surface area contributed by atoms with Gasteiger partial charge in [-0.3, -0.25) is 4.79 Å². The van der Waals surface area contributed by atoms with Crippen molar-refractivity contribution in [2.24, 2.45) is 11.3 Å². The van der Waals surface area contributed by atoms with Crippen molar-refractivity contribution < 1.29 is 4.79 Å². The van der Waals surface area contributed by atoms with Crippen molar-refractivity contribution in [1.29, 1.82) is 0 Å². The Kier molecular flexibility index (Phi) is 6.30. The van der Waals surface area contributed by atoms with E-state index in [1.807, 2.05) is 38.1 Å². The van der Waals surface area contributed by atoms with E-state index < -0.39 is 4.75 Å². The normalized spacial score (nSPS) is 22.2. The molecule has 0 unspecified atom stereocenters. The Morgan fingerprint density at radius 3 is 2.08 bits per heavy atom. The van der Waals surface area contributed by atoms with Crippen LogP contribution in [0.2, 0.25) is 5.02 Å². The van der Waals surface area contributed by atoms with Gasteiger partial charge in [-0.25, -0.2) is 0 Å². The van der Waals surface area contributed by atoms with Gasteiger partial charge >= 0.3 is 0 Å². The second-order valence-corrected chi connectivity index (χ2v) is 10.6. The first-order valence-corrected chi connectivity index (χ1v) is 10.0. The van der Waals surface area contributed by atoms with E-state index in [1.165, 1.54) is 12.8 Å². The highest BCUT2D eigenvalue weighted by molar-refractivity contribution is 8.01. The van der Waals surface area contributed by atoms with E-state index in [1.54, 1.807) is 11.8 Å². The third kappa shape index (κ3) is 5.42. The molecule has 0 saturated heterocycles. The standard InChI is InChI=1S/C20H30ClNOS/c1-19(2,3)14-6-10-16(11-7-14)22-18(23)20(4,5)24-17-12-8-15(21)9-13-17/h8-9,12-14,16H,6-7,10-11H2,1-5H3,(H,22,23). The van der Waals surface area contributed by atoms with Crippen molar-refractivity contribution in [3.63, 3.8) is 0 Å². The Hall–Kier alpha value is -0.670. The van der Waals surface area contributed by atoms with Crippen LogP contribution in [0.4, 0.5) is 0 Å². The topological polar surface area (TPSA) is 29.1 Å². The molecule has 0 aromatic heterocycles. The van der Waals surface area contributed by atoms with E-state index in [0.29, 0.717) is 11.5 Å². The molecule has 24 heavy (non-hydrogen) atoms. The van der Waals surface area contributed by atoms with E-state index >= 15 is 0 Å². The molecule has 1 fully saturated rings. The summed E-state index contributed by atoms with van der Waals surface area (Å²) in [6.45, 7) is 10.9. The van der Waals surface area contributed by atoms with E-state index in [-0.39, 0.29) is 5.91 Å². The Labute approximate surface area is 156 Å². The lowest BCUT2D eigenvalue weighted by Crippen LogP contribution is -2.46. The first-order chi connectivity index (χ1) is 11.1. The molecule has 1 saturated carbocycles. The molecule has 1 aliphatic rings. The van der Waals surface area contributed by atoms with Crippen LogP contribution in [0.25, 0.3) is 0 Å². The van der Waals surface area contributed by atoms with Crippen LogP contribution in [0.15, 0.2) is 29.2 Å². The lowest BCUT2D eigenvalue weighted by molar-refractivity contribution is -0.123. The predicted octanol–water partition coefficient (Wildman–Crippen LogP) is 5.93. The number of carbonyl (C=O) groups excluding carboxylic acids is 1. The number of nitrogens with one attached hydrogen (secondary N) is 1. The SMILES string of the molecule is CC(C)(Sc1ccc(Cl)cc1)C(=O)NC1CCC(C(C)(C)C)CC1. The highest BCUT2D eigenvalue weighted by Crippen LogP contribution is 2.38. The molecule has 2 nitrogen and oxygen atoms in total. The second-order valence-electron chi connectivity index (χ2n) is 8.45. The van der Waals surface area contributed by atoms with Crippen molar-refractivity contribution >= 4 is 29.3 Å². The predicted molar refractivity (Wildman–Crippen MR) is 105 cm³/mol. The minimum Gasteiger partial charge on any atom is -0.352 e. The molecule has 0 bridgehead atoms. The fourth-order valence-corrected chi connectivity index (χ4v) is 4.45. The Morgan fingerprint density at radius 1 is 1.04 bits per heavy atom. The molecule has 134 valence electrons. The molecule has 1 aromatic carbocycles. The average Bonchev–Trinajstić information content (AvgIpc) is 2.49. The summed E-state index contributed by atoms with van der Waals surface area (Å²) in [7, 11) is 0. The molecule has 1 aliphatic carbocycles. The number of halogens is 1. The number of hydrogen-bond donors (Lipinski definition) is 1. The molecule has 1 amide bonds. The average molecular weight is 368 g/mol. The first-order valence-electron chi connectivity index (χ1n) is 8.83. The number of hydrogen-bond acceptors (Lipinski definition) is 2. The summed E-state index contributed by atoms with van der Waals surface area (Å²) in [5, 5.41) is 4.00. The Balaban J connectivity index is 1.88. The van der Waals surface area contributed by atoms with Gasteiger partial charge in [0.1, 0.15) is 0 Å². The van der Waals surface area contributed by atoms with Crippen molar-refractivity contribution in [2.75, 3.05) is 0 Å². The van der Waals surface area contributed by atoms with Gasteiger partial charge in [0.25, 0.3) is 0 Å². The van der Waals surface area contributed by atoms with Crippen LogP contribution in [-0.2, 0) is 4.79 Å². The summed E-state index contributed by atoms with van der Waals surface area (Å²) in [6.07, 6.45) is 4.60. The number of amides is 1. The zero-order chi connectivity index (χ0) is 18.0. The largest absolute Gasteiger partial charge is 0.352 e. The summed E-state index contributed by atoms with van der Waals surface area (Å²) in [5.74, 6) is 0.892. The summed E-state index contributed by atoms with van der Waals surface area (Å²) in [4.78, 5) is 13.8. The van der Waals surface area contributed by atoms with E-state index in [2.05, 4.69) is 26.1 Å². The second kappa shape index (κ2) is 7.70. The van der Waals surface area contributed by atoms with Gasteiger partial charge < -0.3 is 5.32 Å². The summed E-state index contributed by atoms with van der Waals surface area (Å²) in [5.41, 5.74) is 0.374. The number of carbonyl (C=O) groups is 1.